The van der Waals surface area contributed by atoms with Crippen molar-refractivity contribution in [1.82, 2.24) is 5.32 Å². The molecule has 100 valence electrons. The molecule has 0 fully saturated rings. The summed E-state index contributed by atoms with van der Waals surface area (Å²) in [6, 6.07) is 15.2. The first-order chi connectivity index (χ1) is 9.06. The van der Waals surface area contributed by atoms with Gasteiger partial charge in [0, 0.05) is 17.6 Å². The minimum Gasteiger partial charge on any atom is -0.310 e. The van der Waals surface area contributed by atoms with Gasteiger partial charge in [-0.05, 0) is 47.4 Å². The highest BCUT2D eigenvalue weighted by Gasteiger charge is 2.04. The van der Waals surface area contributed by atoms with Gasteiger partial charge in [0.15, 0.2) is 0 Å². The lowest BCUT2D eigenvalue weighted by atomic mass is 9.98. The van der Waals surface area contributed by atoms with E-state index in [1.54, 1.807) is 0 Å². The fourth-order valence-corrected chi connectivity index (χ4v) is 2.17. The lowest BCUT2D eigenvalue weighted by molar-refractivity contribution is 0.589. The molecule has 0 aliphatic carbocycles. The first-order valence-corrected chi connectivity index (χ1v) is 7.03. The number of aryl methyl sites for hydroxylation is 1. The van der Waals surface area contributed by atoms with E-state index in [-0.39, 0.29) is 0 Å². The first-order valence-electron chi connectivity index (χ1n) is 6.65. The maximum absolute atomic E-state index is 5.94. The van der Waals surface area contributed by atoms with E-state index in [9.17, 15) is 0 Å². The summed E-state index contributed by atoms with van der Waals surface area (Å²) in [5.41, 5.74) is 5.09. The first kappa shape index (κ1) is 14.1. The lowest BCUT2D eigenvalue weighted by Crippen LogP contribution is -2.21. The molecule has 2 rings (SSSR count). The second-order valence-corrected chi connectivity index (χ2v) is 5.63. The molecule has 0 spiro atoms. The van der Waals surface area contributed by atoms with Crippen molar-refractivity contribution < 1.29 is 0 Å². The summed E-state index contributed by atoms with van der Waals surface area (Å²) in [7, 11) is 0. The number of nitrogens with one attached hydrogen (secondary N) is 1. The molecular formula is C17H20ClN. The standard InChI is InChI=1S/C17H20ClN/c1-12(2)19-11-14-5-4-13(3)17(10-14)15-6-8-16(18)9-7-15/h4-10,12,19H,11H2,1-3H3. The Kier molecular flexibility index (Phi) is 4.62. The summed E-state index contributed by atoms with van der Waals surface area (Å²) in [4.78, 5) is 0. The highest BCUT2D eigenvalue weighted by molar-refractivity contribution is 6.30. The predicted molar refractivity (Wildman–Crippen MR) is 83.6 cm³/mol. The Bertz CT molecular complexity index is 544. The highest BCUT2D eigenvalue weighted by Crippen LogP contribution is 2.26. The van der Waals surface area contributed by atoms with Gasteiger partial charge >= 0.3 is 0 Å². The monoisotopic (exact) mass is 273 g/mol. The maximum Gasteiger partial charge on any atom is 0.0406 e. The molecule has 0 saturated heterocycles. The molecule has 1 N–H and O–H groups in total. The van der Waals surface area contributed by atoms with E-state index in [4.69, 9.17) is 11.6 Å². The van der Waals surface area contributed by atoms with Gasteiger partial charge in [-0.3, -0.25) is 0 Å². The number of hydrogen-bond acceptors (Lipinski definition) is 1. The molecule has 0 saturated carbocycles. The summed E-state index contributed by atoms with van der Waals surface area (Å²) in [6.45, 7) is 7.37. The fraction of sp³-hybridized carbons (Fsp3) is 0.294. The van der Waals surface area contributed by atoms with Gasteiger partial charge in [-0.2, -0.15) is 0 Å². The van der Waals surface area contributed by atoms with Crippen LogP contribution in [0.3, 0.4) is 0 Å². The molecule has 0 heterocycles. The number of halogens is 1. The Morgan fingerprint density at radius 2 is 1.74 bits per heavy atom. The van der Waals surface area contributed by atoms with Crippen molar-refractivity contribution in [2.45, 2.75) is 33.4 Å². The van der Waals surface area contributed by atoms with Crippen molar-refractivity contribution >= 4 is 11.6 Å². The Labute approximate surface area is 120 Å². The van der Waals surface area contributed by atoms with E-state index in [0.717, 1.165) is 11.6 Å². The molecule has 0 aliphatic rings. The van der Waals surface area contributed by atoms with Gasteiger partial charge in [-0.25, -0.2) is 0 Å². The Morgan fingerprint density at radius 3 is 2.37 bits per heavy atom. The number of hydrogen-bond donors (Lipinski definition) is 1. The van der Waals surface area contributed by atoms with Crippen LogP contribution in [0.15, 0.2) is 42.5 Å². The quantitative estimate of drug-likeness (QED) is 0.843. The van der Waals surface area contributed by atoms with Crippen molar-refractivity contribution in [2.24, 2.45) is 0 Å². The summed E-state index contributed by atoms with van der Waals surface area (Å²) in [6.07, 6.45) is 0. The van der Waals surface area contributed by atoms with E-state index >= 15 is 0 Å². The molecule has 0 aliphatic heterocycles. The smallest absolute Gasteiger partial charge is 0.0406 e. The van der Waals surface area contributed by atoms with Crippen molar-refractivity contribution in [3.05, 3.63) is 58.6 Å². The Hall–Kier alpha value is -1.31. The van der Waals surface area contributed by atoms with Crippen LogP contribution in [-0.4, -0.2) is 6.04 Å². The van der Waals surface area contributed by atoms with Crippen LogP contribution in [0.2, 0.25) is 5.02 Å². The van der Waals surface area contributed by atoms with Crippen molar-refractivity contribution in [2.75, 3.05) is 0 Å². The second kappa shape index (κ2) is 6.23. The van der Waals surface area contributed by atoms with Gasteiger partial charge in [0.2, 0.25) is 0 Å². The molecule has 2 heteroatoms. The summed E-state index contributed by atoms with van der Waals surface area (Å²) in [5, 5.41) is 4.22. The van der Waals surface area contributed by atoms with Gasteiger partial charge in [-0.1, -0.05) is 49.7 Å². The molecule has 2 aromatic carbocycles. The lowest BCUT2D eigenvalue weighted by Gasteiger charge is -2.12. The molecule has 0 radical (unpaired) electrons. The summed E-state index contributed by atoms with van der Waals surface area (Å²) < 4.78 is 0. The van der Waals surface area contributed by atoms with Crippen LogP contribution in [0.4, 0.5) is 0 Å². The van der Waals surface area contributed by atoms with Crippen LogP contribution in [0, 0.1) is 6.92 Å². The van der Waals surface area contributed by atoms with Crippen molar-refractivity contribution in [1.29, 1.82) is 0 Å². The van der Waals surface area contributed by atoms with E-state index in [1.807, 2.05) is 12.1 Å². The van der Waals surface area contributed by atoms with Crippen LogP contribution in [-0.2, 0) is 6.54 Å². The average molecular weight is 274 g/mol. The zero-order valence-electron chi connectivity index (χ0n) is 11.7. The molecule has 1 nitrogen and oxygen atoms in total. The van der Waals surface area contributed by atoms with Crippen LogP contribution in [0.1, 0.15) is 25.0 Å². The van der Waals surface area contributed by atoms with E-state index in [0.29, 0.717) is 6.04 Å². The molecule has 0 amide bonds. The topological polar surface area (TPSA) is 12.0 Å². The van der Waals surface area contributed by atoms with E-state index < -0.39 is 0 Å². The van der Waals surface area contributed by atoms with E-state index in [1.165, 1.54) is 22.3 Å². The Morgan fingerprint density at radius 1 is 1.05 bits per heavy atom. The maximum atomic E-state index is 5.94. The largest absolute Gasteiger partial charge is 0.310 e. The molecule has 0 atom stereocenters. The number of benzene rings is 2. The van der Waals surface area contributed by atoms with Gasteiger partial charge < -0.3 is 5.32 Å². The molecule has 0 bridgehead atoms. The third-order valence-corrected chi connectivity index (χ3v) is 3.42. The molecule has 0 unspecified atom stereocenters. The van der Waals surface area contributed by atoms with Crippen LogP contribution >= 0.6 is 11.6 Å². The van der Waals surface area contributed by atoms with Crippen LogP contribution in [0.5, 0.6) is 0 Å². The van der Waals surface area contributed by atoms with Crippen molar-refractivity contribution in [3.63, 3.8) is 0 Å². The Balaban J connectivity index is 2.29. The van der Waals surface area contributed by atoms with Crippen LogP contribution in [0.25, 0.3) is 11.1 Å². The van der Waals surface area contributed by atoms with E-state index in [2.05, 4.69) is 56.4 Å². The third-order valence-electron chi connectivity index (χ3n) is 3.17. The van der Waals surface area contributed by atoms with Gasteiger partial charge in [0.05, 0.1) is 0 Å². The average Bonchev–Trinajstić information content (AvgIpc) is 2.39. The fourth-order valence-electron chi connectivity index (χ4n) is 2.04. The predicted octanol–water partition coefficient (Wildman–Crippen LogP) is 4.81. The van der Waals surface area contributed by atoms with Gasteiger partial charge in [-0.15, -0.1) is 0 Å². The minimum absolute atomic E-state index is 0.500. The third kappa shape index (κ3) is 3.82. The van der Waals surface area contributed by atoms with Crippen LogP contribution < -0.4 is 5.32 Å². The molecule has 19 heavy (non-hydrogen) atoms. The zero-order chi connectivity index (χ0) is 13.8. The summed E-state index contributed by atoms with van der Waals surface area (Å²) >= 11 is 5.94. The van der Waals surface area contributed by atoms with Crippen molar-refractivity contribution in [3.8, 4) is 11.1 Å². The van der Waals surface area contributed by atoms with Gasteiger partial charge in [0.1, 0.15) is 0 Å². The second-order valence-electron chi connectivity index (χ2n) is 5.19. The van der Waals surface area contributed by atoms with Gasteiger partial charge in [0.25, 0.3) is 0 Å². The molecule has 0 aromatic heterocycles. The number of rotatable bonds is 4. The minimum atomic E-state index is 0.500. The normalized spacial score (nSPS) is 11.0. The highest BCUT2D eigenvalue weighted by atomic mass is 35.5. The summed E-state index contributed by atoms with van der Waals surface area (Å²) in [5.74, 6) is 0. The zero-order valence-corrected chi connectivity index (χ0v) is 12.5. The molecule has 2 aromatic rings. The molecular weight excluding hydrogens is 254 g/mol. The SMILES string of the molecule is Cc1ccc(CNC(C)C)cc1-c1ccc(Cl)cc1.